The third-order valence-electron chi connectivity index (χ3n) is 4.80. The van der Waals surface area contributed by atoms with Crippen LogP contribution in [0.2, 0.25) is 0 Å². The highest BCUT2D eigenvalue weighted by Crippen LogP contribution is 2.09. The molecule has 1 aliphatic rings. The Bertz CT molecular complexity index is 681. The number of ether oxygens (including phenoxy) is 1. The first-order valence-corrected chi connectivity index (χ1v) is 11.2. The minimum absolute atomic E-state index is 0.0219. The van der Waals surface area contributed by atoms with Crippen molar-refractivity contribution in [1.29, 1.82) is 0 Å². The second-order valence-corrected chi connectivity index (χ2v) is 8.43. The number of benzene rings is 1. The summed E-state index contributed by atoms with van der Waals surface area (Å²) in [7, 11) is 2.04. The molecule has 1 heterocycles. The Morgan fingerprint density at radius 3 is 2.47 bits per heavy atom. The lowest BCUT2D eigenvalue weighted by atomic mass is 10.3. The number of hydrogen-bond donors (Lipinski definition) is 1. The van der Waals surface area contributed by atoms with Crippen LogP contribution in [0.5, 0.6) is 5.75 Å². The number of rotatable bonds is 10. The summed E-state index contributed by atoms with van der Waals surface area (Å²) in [6.07, 6.45) is 0.284. The van der Waals surface area contributed by atoms with E-state index in [0.29, 0.717) is 32.0 Å². The fourth-order valence-corrected chi connectivity index (χ4v) is 3.61. The van der Waals surface area contributed by atoms with Gasteiger partial charge in [0.2, 0.25) is 5.91 Å². The zero-order valence-corrected chi connectivity index (χ0v) is 18.7. The molecule has 1 N–H and O–H groups in total. The smallest absolute Gasteiger partial charge is 0.317 e. The molecular formula is C21H32N4O4S. The van der Waals surface area contributed by atoms with E-state index < -0.39 is 0 Å². The summed E-state index contributed by atoms with van der Waals surface area (Å²) >= 11 is 1.19. The maximum Gasteiger partial charge on any atom is 0.317 e. The SMILES string of the molecule is CC(=O)SCCN(CCOc1ccccc1)C(=O)NCCC(=O)N1CCN(C)CC1. The molecule has 1 fully saturated rings. The largest absolute Gasteiger partial charge is 0.492 e. The molecule has 1 aromatic rings. The minimum atomic E-state index is -0.248. The highest BCUT2D eigenvalue weighted by atomic mass is 32.2. The van der Waals surface area contributed by atoms with Crippen LogP contribution in [0.4, 0.5) is 4.79 Å². The van der Waals surface area contributed by atoms with Gasteiger partial charge in [0, 0.05) is 58.4 Å². The Hall–Kier alpha value is -2.26. The van der Waals surface area contributed by atoms with E-state index in [-0.39, 0.29) is 23.5 Å². The van der Waals surface area contributed by atoms with E-state index in [1.807, 2.05) is 42.3 Å². The van der Waals surface area contributed by atoms with Crippen LogP contribution in [0.1, 0.15) is 13.3 Å². The van der Waals surface area contributed by atoms with Crippen molar-refractivity contribution in [2.45, 2.75) is 13.3 Å². The molecule has 1 aromatic carbocycles. The molecule has 9 heteroatoms. The lowest BCUT2D eigenvalue weighted by Gasteiger charge is -2.32. The van der Waals surface area contributed by atoms with E-state index in [9.17, 15) is 14.4 Å². The van der Waals surface area contributed by atoms with Gasteiger partial charge in [0.05, 0.1) is 6.54 Å². The summed E-state index contributed by atoms with van der Waals surface area (Å²) < 4.78 is 5.68. The van der Waals surface area contributed by atoms with Crippen LogP contribution in [-0.4, -0.2) is 97.0 Å². The van der Waals surface area contributed by atoms with Gasteiger partial charge in [0.1, 0.15) is 12.4 Å². The predicted molar refractivity (Wildman–Crippen MR) is 119 cm³/mol. The van der Waals surface area contributed by atoms with E-state index in [2.05, 4.69) is 10.2 Å². The molecule has 30 heavy (non-hydrogen) atoms. The van der Waals surface area contributed by atoms with Crippen molar-refractivity contribution in [3.63, 3.8) is 0 Å². The highest BCUT2D eigenvalue weighted by Gasteiger charge is 2.19. The number of amides is 3. The van der Waals surface area contributed by atoms with Crippen LogP contribution >= 0.6 is 11.8 Å². The Balaban J connectivity index is 1.75. The average Bonchev–Trinajstić information content (AvgIpc) is 2.73. The number of thioether (sulfide) groups is 1. The molecule has 8 nitrogen and oxygen atoms in total. The number of likely N-dealkylation sites (N-methyl/N-ethyl adjacent to an activating group) is 1. The number of hydrogen-bond acceptors (Lipinski definition) is 6. The van der Waals surface area contributed by atoms with E-state index in [1.54, 1.807) is 4.90 Å². The van der Waals surface area contributed by atoms with Crippen molar-refractivity contribution in [1.82, 2.24) is 20.0 Å². The molecule has 1 aliphatic heterocycles. The second kappa shape index (κ2) is 13.1. The van der Waals surface area contributed by atoms with Crippen molar-refractivity contribution in [3.8, 4) is 5.75 Å². The van der Waals surface area contributed by atoms with E-state index in [1.165, 1.54) is 18.7 Å². The standard InChI is InChI=1S/C21H32N4O4S/c1-18(26)30-17-15-25(14-16-29-19-6-4-3-5-7-19)21(28)22-9-8-20(27)24-12-10-23(2)11-13-24/h3-7H,8-17H2,1-2H3,(H,22,28). The molecule has 0 spiro atoms. The van der Waals surface area contributed by atoms with Crippen LogP contribution in [0, 0.1) is 0 Å². The van der Waals surface area contributed by atoms with E-state index in [4.69, 9.17) is 4.74 Å². The Morgan fingerprint density at radius 2 is 1.80 bits per heavy atom. The molecule has 0 atom stereocenters. The van der Waals surface area contributed by atoms with Gasteiger partial charge < -0.3 is 24.8 Å². The molecule has 0 unspecified atom stereocenters. The molecule has 3 amide bonds. The molecule has 1 saturated heterocycles. The Labute approximate surface area is 182 Å². The molecule has 2 rings (SSSR count). The number of piperazine rings is 1. The van der Waals surface area contributed by atoms with Crippen LogP contribution in [-0.2, 0) is 9.59 Å². The van der Waals surface area contributed by atoms with Gasteiger partial charge in [-0.25, -0.2) is 4.79 Å². The molecule has 0 aromatic heterocycles. The summed E-state index contributed by atoms with van der Waals surface area (Å²) in [6, 6.07) is 9.16. The lowest BCUT2D eigenvalue weighted by Crippen LogP contribution is -2.48. The monoisotopic (exact) mass is 436 g/mol. The molecule has 166 valence electrons. The fraction of sp³-hybridized carbons (Fsp3) is 0.571. The van der Waals surface area contributed by atoms with Crippen molar-refractivity contribution >= 4 is 28.8 Å². The van der Waals surface area contributed by atoms with Gasteiger partial charge in [-0.05, 0) is 19.2 Å². The molecule has 0 aliphatic carbocycles. The zero-order valence-electron chi connectivity index (χ0n) is 17.8. The van der Waals surface area contributed by atoms with Crippen molar-refractivity contribution < 1.29 is 19.1 Å². The minimum Gasteiger partial charge on any atom is -0.492 e. The van der Waals surface area contributed by atoms with E-state index in [0.717, 1.165) is 31.9 Å². The quantitative estimate of drug-likeness (QED) is 0.599. The van der Waals surface area contributed by atoms with Gasteiger partial charge in [-0.3, -0.25) is 9.59 Å². The number of para-hydroxylation sites is 1. The Kier molecular flexibility index (Phi) is 10.5. The predicted octanol–water partition coefficient (Wildman–Crippen LogP) is 1.52. The summed E-state index contributed by atoms with van der Waals surface area (Å²) in [4.78, 5) is 41.8. The van der Waals surface area contributed by atoms with Gasteiger partial charge in [0.25, 0.3) is 0 Å². The molecule has 0 radical (unpaired) electrons. The highest BCUT2D eigenvalue weighted by molar-refractivity contribution is 8.13. The van der Waals surface area contributed by atoms with Gasteiger partial charge in [0.15, 0.2) is 5.12 Å². The van der Waals surface area contributed by atoms with Crippen molar-refractivity contribution in [2.24, 2.45) is 0 Å². The number of nitrogens with zero attached hydrogens (tertiary/aromatic N) is 3. The summed E-state index contributed by atoms with van der Waals surface area (Å²) in [5.74, 6) is 1.33. The summed E-state index contributed by atoms with van der Waals surface area (Å²) in [5.41, 5.74) is 0. The number of nitrogens with one attached hydrogen (secondary N) is 1. The summed E-state index contributed by atoms with van der Waals surface area (Å²) in [5, 5.41) is 2.85. The molecule has 0 bridgehead atoms. The normalized spacial score (nSPS) is 14.3. The zero-order chi connectivity index (χ0) is 21.8. The van der Waals surface area contributed by atoms with Gasteiger partial charge in [-0.2, -0.15) is 0 Å². The van der Waals surface area contributed by atoms with E-state index >= 15 is 0 Å². The molecule has 0 saturated carbocycles. The summed E-state index contributed by atoms with van der Waals surface area (Å²) in [6.45, 7) is 6.19. The van der Waals surface area contributed by atoms with Gasteiger partial charge >= 0.3 is 6.03 Å². The van der Waals surface area contributed by atoms with Crippen LogP contribution < -0.4 is 10.1 Å². The van der Waals surface area contributed by atoms with Crippen molar-refractivity contribution in [3.05, 3.63) is 30.3 Å². The second-order valence-electron chi connectivity index (χ2n) is 7.15. The van der Waals surface area contributed by atoms with Crippen LogP contribution in [0.3, 0.4) is 0 Å². The first-order chi connectivity index (χ1) is 14.5. The number of carbonyl (C=O) groups is 3. The fourth-order valence-electron chi connectivity index (χ4n) is 3.01. The van der Waals surface area contributed by atoms with Gasteiger partial charge in [-0.15, -0.1) is 0 Å². The first kappa shape index (κ1) is 24.0. The number of carbonyl (C=O) groups excluding carboxylic acids is 3. The van der Waals surface area contributed by atoms with Crippen LogP contribution in [0.15, 0.2) is 30.3 Å². The topological polar surface area (TPSA) is 82.2 Å². The third-order valence-corrected chi connectivity index (χ3v) is 5.59. The average molecular weight is 437 g/mol. The van der Waals surface area contributed by atoms with Gasteiger partial charge in [-0.1, -0.05) is 30.0 Å². The third kappa shape index (κ3) is 9.04. The van der Waals surface area contributed by atoms with Crippen molar-refractivity contribution in [2.75, 3.05) is 65.2 Å². The number of urea groups is 1. The van der Waals surface area contributed by atoms with Crippen LogP contribution in [0.25, 0.3) is 0 Å². The lowest BCUT2D eigenvalue weighted by molar-refractivity contribution is -0.132. The molecular weight excluding hydrogens is 404 g/mol. The first-order valence-electron chi connectivity index (χ1n) is 10.3. The maximum absolute atomic E-state index is 12.6. The Morgan fingerprint density at radius 1 is 1.10 bits per heavy atom. The maximum atomic E-state index is 12.6.